The molecule has 2 nitrogen and oxygen atoms in total. The summed E-state index contributed by atoms with van der Waals surface area (Å²) in [6.07, 6.45) is 6.73. The molecule has 1 unspecified atom stereocenters. The highest BCUT2D eigenvalue weighted by Crippen LogP contribution is 2.28. The summed E-state index contributed by atoms with van der Waals surface area (Å²) in [5.74, 6) is 0.787. The maximum atomic E-state index is 11.7. The molecule has 0 aromatic heterocycles. The van der Waals surface area contributed by atoms with E-state index in [0.29, 0.717) is 24.7 Å². The Morgan fingerprint density at radius 1 is 1.29 bits per heavy atom. The molecule has 1 saturated carbocycles. The molecule has 0 aromatic carbocycles. The van der Waals surface area contributed by atoms with Crippen LogP contribution in [0.15, 0.2) is 0 Å². The molecule has 2 heteroatoms. The van der Waals surface area contributed by atoms with Gasteiger partial charge in [0, 0.05) is 13.0 Å². The van der Waals surface area contributed by atoms with Crippen molar-refractivity contribution < 1.29 is 9.53 Å². The zero-order valence-corrected chi connectivity index (χ0v) is 9.42. The number of rotatable bonds is 5. The zero-order chi connectivity index (χ0) is 10.4. The summed E-state index contributed by atoms with van der Waals surface area (Å²) in [7, 11) is 0. The van der Waals surface area contributed by atoms with Gasteiger partial charge in [-0.1, -0.05) is 26.2 Å². The first-order valence-electron chi connectivity index (χ1n) is 5.93. The monoisotopic (exact) mass is 198 g/mol. The fraction of sp³-hybridized carbons (Fsp3) is 0.917. The van der Waals surface area contributed by atoms with Crippen LogP contribution in [0.4, 0.5) is 0 Å². The Bertz CT molecular complexity index is 171. The predicted octanol–water partition coefficient (Wildman–Crippen LogP) is 2.95. The van der Waals surface area contributed by atoms with E-state index in [2.05, 4.69) is 0 Å². The number of hydrogen-bond donors (Lipinski definition) is 0. The molecule has 0 aliphatic heterocycles. The van der Waals surface area contributed by atoms with Crippen LogP contribution in [-0.4, -0.2) is 18.5 Å². The van der Waals surface area contributed by atoms with Crippen LogP contribution in [0.1, 0.15) is 52.4 Å². The molecular weight excluding hydrogens is 176 g/mol. The number of Topliss-reactive ketones (excluding diaryl/α,β-unsaturated/α-hetero) is 1. The van der Waals surface area contributed by atoms with Crippen molar-refractivity contribution in [3.63, 3.8) is 0 Å². The Hall–Kier alpha value is -0.370. The molecule has 1 atom stereocenters. The van der Waals surface area contributed by atoms with E-state index in [1.54, 1.807) is 0 Å². The van der Waals surface area contributed by atoms with Crippen molar-refractivity contribution in [2.24, 2.45) is 5.92 Å². The molecule has 0 aromatic rings. The number of carbonyl (C=O) groups is 1. The van der Waals surface area contributed by atoms with Crippen LogP contribution in [0.5, 0.6) is 0 Å². The summed E-state index contributed by atoms with van der Waals surface area (Å²) in [5, 5.41) is 0. The van der Waals surface area contributed by atoms with Crippen LogP contribution in [0.2, 0.25) is 0 Å². The van der Waals surface area contributed by atoms with Crippen LogP contribution in [0, 0.1) is 5.92 Å². The van der Waals surface area contributed by atoms with Crippen molar-refractivity contribution in [1.29, 1.82) is 0 Å². The van der Waals surface area contributed by atoms with Crippen molar-refractivity contribution in [3.05, 3.63) is 0 Å². The van der Waals surface area contributed by atoms with Gasteiger partial charge in [0.05, 0.1) is 0 Å². The Kier molecular flexibility index (Phi) is 5.16. The molecule has 1 fully saturated rings. The molecule has 82 valence electrons. The SMILES string of the molecule is CCOC(C(=O)CC)C1CCCCC1. The molecule has 0 bridgehead atoms. The van der Waals surface area contributed by atoms with E-state index in [1.165, 1.54) is 32.1 Å². The lowest BCUT2D eigenvalue weighted by Gasteiger charge is -2.28. The number of hydrogen-bond acceptors (Lipinski definition) is 2. The maximum Gasteiger partial charge on any atom is 0.161 e. The molecule has 0 amide bonds. The lowest BCUT2D eigenvalue weighted by Crippen LogP contribution is -2.33. The summed E-state index contributed by atoms with van der Waals surface area (Å²) in [5.41, 5.74) is 0. The smallest absolute Gasteiger partial charge is 0.161 e. The molecule has 0 radical (unpaired) electrons. The summed E-state index contributed by atoms with van der Waals surface area (Å²) < 4.78 is 5.58. The van der Waals surface area contributed by atoms with Gasteiger partial charge in [-0.2, -0.15) is 0 Å². The van der Waals surface area contributed by atoms with Crippen molar-refractivity contribution in [2.75, 3.05) is 6.61 Å². The van der Waals surface area contributed by atoms with E-state index in [0.717, 1.165) is 0 Å². The number of carbonyl (C=O) groups excluding carboxylic acids is 1. The first-order valence-corrected chi connectivity index (χ1v) is 5.93. The summed E-state index contributed by atoms with van der Waals surface area (Å²) in [4.78, 5) is 11.7. The highest BCUT2D eigenvalue weighted by molar-refractivity contribution is 5.83. The topological polar surface area (TPSA) is 26.3 Å². The van der Waals surface area contributed by atoms with Gasteiger partial charge in [-0.15, -0.1) is 0 Å². The van der Waals surface area contributed by atoms with Gasteiger partial charge in [0.25, 0.3) is 0 Å². The van der Waals surface area contributed by atoms with Gasteiger partial charge < -0.3 is 4.74 Å². The minimum absolute atomic E-state index is 0.106. The Balaban J connectivity index is 2.50. The lowest BCUT2D eigenvalue weighted by molar-refractivity contribution is -0.134. The predicted molar refractivity (Wildman–Crippen MR) is 57.3 cm³/mol. The average molecular weight is 198 g/mol. The van der Waals surface area contributed by atoms with Crippen LogP contribution in [0.3, 0.4) is 0 Å². The van der Waals surface area contributed by atoms with Crippen molar-refractivity contribution >= 4 is 5.78 Å². The summed E-state index contributed by atoms with van der Waals surface area (Å²) in [6, 6.07) is 0. The second-order valence-corrected chi connectivity index (χ2v) is 4.09. The van der Waals surface area contributed by atoms with Crippen molar-refractivity contribution in [2.45, 2.75) is 58.5 Å². The van der Waals surface area contributed by atoms with E-state index in [-0.39, 0.29) is 6.10 Å². The lowest BCUT2D eigenvalue weighted by atomic mass is 9.83. The van der Waals surface area contributed by atoms with Gasteiger partial charge in [0.1, 0.15) is 6.10 Å². The van der Waals surface area contributed by atoms with E-state index >= 15 is 0 Å². The Labute approximate surface area is 87.0 Å². The fourth-order valence-corrected chi connectivity index (χ4v) is 2.31. The molecule has 0 heterocycles. The first kappa shape index (κ1) is 11.7. The minimum atomic E-state index is -0.106. The third-order valence-corrected chi connectivity index (χ3v) is 3.09. The largest absolute Gasteiger partial charge is 0.370 e. The van der Waals surface area contributed by atoms with Crippen LogP contribution in [-0.2, 0) is 9.53 Å². The standard InChI is InChI=1S/C12H22O2/c1-3-11(13)12(14-4-2)10-8-6-5-7-9-10/h10,12H,3-9H2,1-2H3. The fourth-order valence-electron chi connectivity index (χ4n) is 2.31. The van der Waals surface area contributed by atoms with Crippen LogP contribution < -0.4 is 0 Å². The molecule has 14 heavy (non-hydrogen) atoms. The number of ether oxygens (including phenoxy) is 1. The molecule has 0 saturated heterocycles. The van der Waals surface area contributed by atoms with E-state index in [4.69, 9.17) is 4.74 Å². The van der Waals surface area contributed by atoms with E-state index < -0.39 is 0 Å². The molecule has 0 spiro atoms. The average Bonchev–Trinajstić information content (AvgIpc) is 2.26. The zero-order valence-electron chi connectivity index (χ0n) is 9.42. The molecule has 1 aliphatic carbocycles. The van der Waals surface area contributed by atoms with Gasteiger partial charge in [-0.3, -0.25) is 4.79 Å². The van der Waals surface area contributed by atoms with E-state index in [9.17, 15) is 4.79 Å². The normalized spacial score (nSPS) is 20.7. The van der Waals surface area contributed by atoms with Gasteiger partial charge in [0.15, 0.2) is 5.78 Å². The third kappa shape index (κ3) is 3.09. The Morgan fingerprint density at radius 3 is 2.43 bits per heavy atom. The minimum Gasteiger partial charge on any atom is -0.370 e. The van der Waals surface area contributed by atoms with Crippen LogP contribution >= 0.6 is 0 Å². The molecule has 0 N–H and O–H groups in total. The summed E-state index contributed by atoms with van der Waals surface area (Å²) >= 11 is 0. The third-order valence-electron chi connectivity index (χ3n) is 3.09. The number of ketones is 1. The van der Waals surface area contributed by atoms with Gasteiger partial charge in [-0.25, -0.2) is 0 Å². The van der Waals surface area contributed by atoms with E-state index in [1.807, 2.05) is 13.8 Å². The summed E-state index contributed by atoms with van der Waals surface area (Å²) in [6.45, 7) is 4.56. The van der Waals surface area contributed by atoms with Gasteiger partial charge in [0.2, 0.25) is 0 Å². The first-order chi connectivity index (χ1) is 6.79. The quantitative estimate of drug-likeness (QED) is 0.679. The van der Waals surface area contributed by atoms with Gasteiger partial charge >= 0.3 is 0 Å². The maximum absolute atomic E-state index is 11.7. The molecular formula is C12H22O2. The van der Waals surface area contributed by atoms with Crippen molar-refractivity contribution in [3.8, 4) is 0 Å². The second-order valence-electron chi connectivity index (χ2n) is 4.09. The second kappa shape index (κ2) is 6.18. The highest BCUT2D eigenvalue weighted by atomic mass is 16.5. The Morgan fingerprint density at radius 2 is 1.93 bits per heavy atom. The van der Waals surface area contributed by atoms with Crippen LogP contribution in [0.25, 0.3) is 0 Å². The molecule has 1 aliphatic rings. The van der Waals surface area contributed by atoms with Gasteiger partial charge in [-0.05, 0) is 25.7 Å². The van der Waals surface area contributed by atoms with Crippen molar-refractivity contribution in [1.82, 2.24) is 0 Å². The molecule has 1 rings (SSSR count). The highest BCUT2D eigenvalue weighted by Gasteiger charge is 2.28.